The minimum Gasteiger partial charge on any atom is -0.467 e. The van der Waals surface area contributed by atoms with Gasteiger partial charge in [-0.25, -0.2) is 8.42 Å². The summed E-state index contributed by atoms with van der Waals surface area (Å²) in [4.78, 5) is 12.9. The Labute approximate surface area is 160 Å². The second kappa shape index (κ2) is 7.05. The van der Waals surface area contributed by atoms with Crippen LogP contribution in [0, 0.1) is 0 Å². The molecule has 3 heterocycles. The molecule has 1 aliphatic heterocycles. The van der Waals surface area contributed by atoms with Gasteiger partial charge in [0.05, 0.1) is 25.0 Å². The second-order valence-electron chi connectivity index (χ2n) is 5.93. The molecule has 0 fully saturated rings. The quantitative estimate of drug-likeness (QED) is 0.663. The Hall–Kier alpha value is -2.84. The normalized spacial score (nSPS) is 17.1. The van der Waals surface area contributed by atoms with Crippen LogP contribution in [0.25, 0.3) is 0 Å². The largest absolute Gasteiger partial charge is 0.467 e. The van der Waals surface area contributed by atoms with Crippen LogP contribution in [-0.2, 0) is 23.1 Å². The first-order valence-corrected chi connectivity index (χ1v) is 10.5. The molecule has 0 amide bonds. The number of hydrogen-bond acceptors (Lipinski definition) is 6. The van der Waals surface area contributed by atoms with Crippen molar-refractivity contribution >= 4 is 32.8 Å². The predicted octanol–water partition coefficient (Wildman–Crippen LogP) is 3.51. The Balaban J connectivity index is 1.69. The van der Waals surface area contributed by atoms with Crippen molar-refractivity contribution in [2.75, 3.05) is 4.31 Å². The van der Waals surface area contributed by atoms with E-state index in [0.29, 0.717) is 16.3 Å². The van der Waals surface area contributed by atoms with Crippen LogP contribution in [0.3, 0.4) is 0 Å². The molecule has 0 radical (unpaired) electrons. The molecule has 1 aliphatic rings. The van der Waals surface area contributed by atoms with Gasteiger partial charge >= 0.3 is 0 Å². The number of nitrogens with zero attached hydrogens (tertiary/aromatic N) is 1. The number of fused-ring (bicyclic) bond motifs is 1. The van der Waals surface area contributed by atoms with Gasteiger partial charge in [-0.2, -0.15) is 0 Å². The Kier molecular flexibility index (Phi) is 4.59. The lowest BCUT2D eigenvalue weighted by Crippen LogP contribution is -2.38. The number of nitrogens with one attached hydrogen (secondary N) is 1. The maximum atomic E-state index is 13.2. The van der Waals surface area contributed by atoms with Crippen LogP contribution >= 0.6 is 11.3 Å². The number of hydrogen-bond donors (Lipinski definition) is 1. The van der Waals surface area contributed by atoms with E-state index in [1.165, 1.54) is 28.1 Å². The molecular formula is C19H16N2O4S2. The molecule has 1 N–H and O–H groups in total. The Bertz CT molecular complexity index is 1080. The summed E-state index contributed by atoms with van der Waals surface area (Å²) in [7, 11) is -3.98. The molecule has 1 aromatic carbocycles. The van der Waals surface area contributed by atoms with Gasteiger partial charge in [-0.15, -0.1) is 11.3 Å². The van der Waals surface area contributed by atoms with Crippen LogP contribution in [0.5, 0.6) is 0 Å². The van der Waals surface area contributed by atoms with Crippen LogP contribution in [-0.4, -0.2) is 14.2 Å². The van der Waals surface area contributed by atoms with Crippen molar-refractivity contribution in [3.8, 4) is 0 Å². The number of anilines is 1. The van der Waals surface area contributed by atoms with Crippen LogP contribution in [0.4, 0.5) is 5.69 Å². The summed E-state index contributed by atoms with van der Waals surface area (Å²) in [5.41, 5.74) is 1.27. The first-order valence-electron chi connectivity index (χ1n) is 8.22. The average Bonchev–Trinajstić information content (AvgIpc) is 3.34. The van der Waals surface area contributed by atoms with Crippen molar-refractivity contribution in [1.29, 1.82) is 0 Å². The summed E-state index contributed by atoms with van der Waals surface area (Å²) in [5.74, 6) is 0.154. The third-order valence-electron chi connectivity index (χ3n) is 4.17. The summed E-state index contributed by atoms with van der Waals surface area (Å²) >= 11 is 1.24. The standard InChI is InChI=1S/C19H16N2O4S2/c22-18-17(12-20-11-15-7-4-9-25-15)27(23,24)21(16-8-10-26-19(16)18)13-14-5-2-1-3-6-14/h1-10,12,20H,11,13H2/b17-12-. The van der Waals surface area contributed by atoms with Crippen molar-refractivity contribution in [3.63, 3.8) is 0 Å². The van der Waals surface area contributed by atoms with Gasteiger partial charge in [0, 0.05) is 6.20 Å². The highest BCUT2D eigenvalue weighted by atomic mass is 32.2. The number of Topliss-reactive ketones (excluding diaryl/α,β-unsaturated/α-hetero) is 1. The van der Waals surface area contributed by atoms with Gasteiger partial charge in [-0.05, 0) is 29.1 Å². The number of rotatable bonds is 5. The first kappa shape index (κ1) is 17.6. The summed E-state index contributed by atoms with van der Waals surface area (Å²) < 4.78 is 32.8. The number of allylic oxidation sites excluding steroid dienone is 1. The van der Waals surface area contributed by atoms with E-state index >= 15 is 0 Å². The topological polar surface area (TPSA) is 79.6 Å². The molecule has 3 aromatic rings. The summed E-state index contributed by atoms with van der Waals surface area (Å²) in [6.07, 6.45) is 2.80. The molecule has 138 valence electrons. The predicted molar refractivity (Wildman–Crippen MR) is 104 cm³/mol. The monoisotopic (exact) mass is 400 g/mol. The molecule has 8 heteroatoms. The summed E-state index contributed by atoms with van der Waals surface area (Å²) in [6.45, 7) is 0.449. The molecule has 0 atom stereocenters. The first-order chi connectivity index (χ1) is 13.1. The molecule has 2 aromatic heterocycles. The summed E-state index contributed by atoms with van der Waals surface area (Å²) in [6, 6.07) is 14.5. The van der Waals surface area contributed by atoms with Crippen molar-refractivity contribution < 1.29 is 17.6 Å². The maximum absolute atomic E-state index is 13.2. The number of furan rings is 1. The lowest BCUT2D eigenvalue weighted by atomic mass is 10.2. The summed E-state index contributed by atoms with van der Waals surface area (Å²) in [5, 5.41) is 4.60. The second-order valence-corrected chi connectivity index (χ2v) is 8.68. The number of sulfonamides is 1. The highest BCUT2D eigenvalue weighted by Crippen LogP contribution is 2.39. The van der Waals surface area contributed by atoms with Gasteiger partial charge in [0.25, 0.3) is 10.0 Å². The zero-order valence-electron chi connectivity index (χ0n) is 14.2. The van der Waals surface area contributed by atoms with E-state index in [1.807, 2.05) is 30.3 Å². The fraction of sp³-hybridized carbons (Fsp3) is 0.105. The third-order valence-corrected chi connectivity index (χ3v) is 6.84. The molecular weight excluding hydrogens is 384 g/mol. The lowest BCUT2D eigenvalue weighted by Gasteiger charge is -2.29. The fourth-order valence-corrected chi connectivity index (χ4v) is 5.37. The maximum Gasteiger partial charge on any atom is 0.270 e. The van der Waals surface area contributed by atoms with Crippen molar-refractivity contribution in [2.24, 2.45) is 0 Å². The number of ketones is 1. The molecule has 0 aliphatic carbocycles. The molecule has 0 spiro atoms. The van der Waals surface area contributed by atoms with Gasteiger partial charge in [0.1, 0.15) is 10.6 Å². The van der Waals surface area contributed by atoms with Gasteiger partial charge in [-0.1, -0.05) is 30.3 Å². The number of thiophene rings is 1. The van der Waals surface area contributed by atoms with Gasteiger partial charge < -0.3 is 9.73 Å². The van der Waals surface area contributed by atoms with Gasteiger partial charge in [0.15, 0.2) is 4.91 Å². The molecule has 0 unspecified atom stereocenters. The van der Waals surface area contributed by atoms with Gasteiger partial charge in [-0.3, -0.25) is 9.10 Å². The molecule has 27 heavy (non-hydrogen) atoms. The van der Waals surface area contributed by atoms with Crippen molar-refractivity contribution in [1.82, 2.24) is 5.32 Å². The van der Waals surface area contributed by atoms with E-state index in [-0.39, 0.29) is 18.0 Å². The minimum atomic E-state index is -3.98. The van der Waals surface area contributed by atoms with Crippen LogP contribution in [0.1, 0.15) is 21.0 Å². The third kappa shape index (κ3) is 3.29. The van der Waals surface area contributed by atoms with Gasteiger partial charge in [0.2, 0.25) is 5.78 Å². The van der Waals surface area contributed by atoms with Crippen LogP contribution < -0.4 is 9.62 Å². The van der Waals surface area contributed by atoms with Crippen molar-refractivity contribution in [3.05, 3.63) is 87.5 Å². The zero-order chi connectivity index (χ0) is 18.9. The van der Waals surface area contributed by atoms with E-state index in [9.17, 15) is 13.2 Å². The SMILES string of the molecule is O=C1/C(=C/NCc2ccco2)S(=O)(=O)N(Cc2ccccc2)c2ccsc21. The van der Waals surface area contributed by atoms with Crippen molar-refractivity contribution in [2.45, 2.75) is 13.1 Å². The van der Waals surface area contributed by atoms with Crippen LogP contribution in [0.2, 0.25) is 0 Å². The Morgan fingerprint density at radius 1 is 1.11 bits per heavy atom. The highest BCUT2D eigenvalue weighted by molar-refractivity contribution is 7.97. The van der Waals surface area contributed by atoms with E-state index in [1.54, 1.807) is 23.6 Å². The molecule has 6 nitrogen and oxygen atoms in total. The zero-order valence-corrected chi connectivity index (χ0v) is 15.8. The Morgan fingerprint density at radius 3 is 2.67 bits per heavy atom. The number of carbonyl (C=O) groups excluding carboxylic acids is 1. The average molecular weight is 400 g/mol. The minimum absolute atomic E-state index is 0.162. The van der Waals surface area contributed by atoms with E-state index < -0.39 is 15.8 Å². The van der Waals surface area contributed by atoms with E-state index in [2.05, 4.69) is 5.32 Å². The molecule has 0 saturated heterocycles. The highest BCUT2D eigenvalue weighted by Gasteiger charge is 2.41. The molecule has 4 rings (SSSR count). The smallest absolute Gasteiger partial charge is 0.270 e. The number of carbonyl (C=O) groups is 1. The fourth-order valence-electron chi connectivity index (χ4n) is 2.86. The Morgan fingerprint density at radius 2 is 1.93 bits per heavy atom. The number of benzene rings is 1. The lowest BCUT2D eigenvalue weighted by molar-refractivity contribution is 0.104. The molecule has 0 bridgehead atoms. The van der Waals surface area contributed by atoms with E-state index in [4.69, 9.17) is 4.42 Å². The molecule has 0 saturated carbocycles. The van der Waals surface area contributed by atoms with E-state index in [0.717, 1.165) is 5.56 Å². The van der Waals surface area contributed by atoms with Crippen LogP contribution in [0.15, 0.2) is 75.7 Å².